The molecule has 0 aliphatic heterocycles. The average molecular weight is 294 g/mol. The third-order valence-electron chi connectivity index (χ3n) is 2.78. The largest absolute Gasteiger partial charge is 0.508 e. The van der Waals surface area contributed by atoms with Crippen LogP contribution in [0, 0.1) is 5.41 Å². The minimum Gasteiger partial charge on any atom is -0.508 e. The van der Waals surface area contributed by atoms with Crippen molar-refractivity contribution in [2.45, 2.75) is 45.8 Å². The van der Waals surface area contributed by atoms with Crippen LogP contribution in [0.2, 0.25) is 0 Å². The van der Waals surface area contributed by atoms with E-state index < -0.39 is 5.60 Å². The summed E-state index contributed by atoms with van der Waals surface area (Å²) >= 11 is 0. The molecule has 0 fully saturated rings. The van der Waals surface area contributed by atoms with E-state index in [1.165, 1.54) is 0 Å². The highest BCUT2D eigenvalue weighted by Gasteiger charge is 2.22. The predicted octanol–water partition coefficient (Wildman–Crippen LogP) is 2.68. The highest BCUT2D eigenvalue weighted by molar-refractivity contribution is 5.70. The van der Waals surface area contributed by atoms with E-state index in [1.54, 1.807) is 12.1 Å². The number of nitrogens with one attached hydrogen (secondary N) is 2. The van der Waals surface area contributed by atoms with E-state index >= 15 is 0 Å². The molecule has 0 bridgehead atoms. The number of hydrogen-bond donors (Lipinski definition) is 3. The van der Waals surface area contributed by atoms with Crippen LogP contribution in [-0.2, 0) is 15.9 Å². The molecule has 0 aromatic heterocycles. The van der Waals surface area contributed by atoms with Gasteiger partial charge in [0.2, 0.25) is 0 Å². The molecule has 0 atom stereocenters. The van der Waals surface area contributed by atoms with Crippen molar-refractivity contribution >= 4 is 6.02 Å². The summed E-state index contributed by atoms with van der Waals surface area (Å²) in [5, 5.41) is 19.9. The molecule has 0 unspecified atom stereocenters. The third-order valence-corrected chi connectivity index (χ3v) is 2.78. The molecule has 118 valence electrons. The van der Waals surface area contributed by atoms with Crippen molar-refractivity contribution in [2.75, 3.05) is 13.2 Å². The van der Waals surface area contributed by atoms with E-state index in [1.807, 2.05) is 39.8 Å². The van der Waals surface area contributed by atoms with Gasteiger partial charge in [-0.15, -0.1) is 0 Å². The van der Waals surface area contributed by atoms with Gasteiger partial charge in [0.05, 0.1) is 12.7 Å². The number of benzene rings is 1. The molecule has 1 rings (SSSR count). The van der Waals surface area contributed by atoms with Crippen LogP contribution in [0.3, 0.4) is 0 Å². The Bertz CT molecular complexity index is 441. The first-order valence-corrected chi connectivity index (χ1v) is 7.19. The van der Waals surface area contributed by atoms with Gasteiger partial charge in [-0.2, -0.15) is 0 Å². The molecule has 3 N–H and O–H groups in total. The second-order valence-electron chi connectivity index (χ2n) is 5.89. The van der Waals surface area contributed by atoms with Crippen molar-refractivity contribution in [2.24, 2.45) is 0 Å². The first-order chi connectivity index (χ1) is 9.78. The van der Waals surface area contributed by atoms with Gasteiger partial charge in [0.1, 0.15) is 11.4 Å². The van der Waals surface area contributed by atoms with E-state index in [0.29, 0.717) is 13.2 Å². The van der Waals surface area contributed by atoms with E-state index in [0.717, 1.165) is 12.0 Å². The fourth-order valence-electron chi connectivity index (χ4n) is 1.69. The quantitative estimate of drug-likeness (QED) is 0.534. The lowest BCUT2D eigenvalue weighted by Crippen LogP contribution is -2.39. The van der Waals surface area contributed by atoms with Crippen LogP contribution in [0.4, 0.5) is 0 Å². The normalized spacial score (nSPS) is 11.5. The maximum absolute atomic E-state index is 9.21. The van der Waals surface area contributed by atoms with E-state index in [2.05, 4.69) is 5.32 Å². The van der Waals surface area contributed by atoms with Crippen LogP contribution in [0.25, 0.3) is 0 Å². The molecule has 1 aromatic carbocycles. The second kappa shape index (κ2) is 7.88. The standard InChI is InChI=1S/C16H26N2O3/c1-12(2)20-11-16(3,4)21-15(17)18-10-9-13-5-7-14(19)8-6-13/h5-8,12,19H,9-11H2,1-4H3,(H2,17,18). The van der Waals surface area contributed by atoms with Crippen molar-refractivity contribution in [3.05, 3.63) is 29.8 Å². The monoisotopic (exact) mass is 294 g/mol. The second-order valence-corrected chi connectivity index (χ2v) is 5.89. The highest BCUT2D eigenvalue weighted by atomic mass is 16.6. The topological polar surface area (TPSA) is 74.6 Å². The van der Waals surface area contributed by atoms with E-state index in [-0.39, 0.29) is 17.9 Å². The lowest BCUT2D eigenvalue weighted by Gasteiger charge is -2.27. The molecule has 0 radical (unpaired) electrons. The Morgan fingerprint density at radius 2 is 1.90 bits per heavy atom. The van der Waals surface area contributed by atoms with Gasteiger partial charge < -0.3 is 19.9 Å². The number of phenolic OH excluding ortho intramolecular Hbond substituents is 1. The van der Waals surface area contributed by atoms with Gasteiger partial charge in [0, 0.05) is 6.54 Å². The predicted molar refractivity (Wildman–Crippen MR) is 83.8 cm³/mol. The fourth-order valence-corrected chi connectivity index (χ4v) is 1.69. The van der Waals surface area contributed by atoms with Gasteiger partial charge in [-0.25, -0.2) is 0 Å². The molecule has 5 heteroatoms. The molecular formula is C16H26N2O3. The first-order valence-electron chi connectivity index (χ1n) is 7.19. The molecule has 0 saturated heterocycles. The minimum absolute atomic E-state index is 0.0473. The van der Waals surface area contributed by atoms with Crippen molar-refractivity contribution in [1.29, 1.82) is 5.41 Å². The number of hydrogen-bond acceptors (Lipinski definition) is 4. The molecule has 0 aliphatic carbocycles. The Kier molecular flexibility index (Phi) is 6.49. The zero-order valence-electron chi connectivity index (χ0n) is 13.3. The summed E-state index contributed by atoms with van der Waals surface area (Å²) in [5.41, 5.74) is 0.558. The minimum atomic E-state index is -0.535. The maximum Gasteiger partial charge on any atom is 0.282 e. The lowest BCUT2D eigenvalue weighted by atomic mass is 10.1. The Labute approximate surface area is 126 Å². The van der Waals surface area contributed by atoms with Crippen molar-refractivity contribution in [3.63, 3.8) is 0 Å². The molecule has 0 saturated carbocycles. The molecular weight excluding hydrogens is 268 g/mol. The van der Waals surface area contributed by atoms with Crippen LogP contribution >= 0.6 is 0 Å². The molecule has 0 amide bonds. The summed E-state index contributed by atoms with van der Waals surface area (Å²) in [6.07, 6.45) is 0.902. The van der Waals surface area contributed by atoms with Gasteiger partial charge in [0.15, 0.2) is 0 Å². The third kappa shape index (κ3) is 7.56. The summed E-state index contributed by atoms with van der Waals surface area (Å²) < 4.78 is 11.1. The Hall–Kier alpha value is -1.75. The summed E-state index contributed by atoms with van der Waals surface area (Å²) in [4.78, 5) is 0. The van der Waals surface area contributed by atoms with Crippen LogP contribution < -0.4 is 5.32 Å². The van der Waals surface area contributed by atoms with Gasteiger partial charge in [-0.05, 0) is 51.8 Å². The van der Waals surface area contributed by atoms with Crippen LogP contribution in [0.1, 0.15) is 33.3 Å². The SMILES string of the molecule is CC(C)OCC(C)(C)OC(=N)NCCc1ccc(O)cc1. The van der Waals surface area contributed by atoms with Crippen LogP contribution in [0.15, 0.2) is 24.3 Å². The zero-order chi connectivity index (χ0) is 15.9. The fraction of sp³-hybridized carbons (Fsp3) is 0.562. The van der Waals surface area contributed by atoms with E-state index in [4.69, 9.17) is 14.9 Å². The van der Waals surface area contributed by atoms with Crippen molar-refractivity contribution < 1.29 is 14.6 Å². The maximum atomic E-state index is 9.21. The van der Waals surface area contributed by atoms with E-state index in [9.17, 15) is 5.11 Å². The Morgan fingerprint density at radius 1 is 1.29 bits per heavy atom. The highest BCUT2D eigenvalue weighted by Crippen LogP contribution is 2.11. The summed E-state index contributed by atoms with van der Waals surface area (Å²) in [7, 11) is 0. The molecule has 1 aromatic rings. The molecule has 0 heterocycles. The van der Waals surface area contributed by atoms with Gasteiger partial charge in [-0.3, -0.25) is 5.41 Å². The lowest BCUT2D eigenvalue weighted by molar-refractivity contribution is -0.0370. The Morgan fingerprint density at radius 3 is 2.48 bits per heavy atom. The molecule has 21 heavy (non-hydrogen) atoms. The van der Waals surface area contributed by atoms with Gasteiger partial charge in [0.25, 0.3) is 6.02 Å². The summed E-state index contributed by atoms with van der Waals surface area (Å²) in [6, 6.07) is 7.09. The van der Waals surface area contributed by atoms with Gasteiger partial charge in [-0.1, -0.05) is 12.1 Å². The number of rotatable bonds is 7. The number of aromatic hydroxyl groups is 1. The first kappa shape index (κ1) is 17.3. The number of phenols is 1. The van der Waals surface area contributed by atoms with Gasteiger partial charge >= 0.3 is 0 Å². The Balaban J connectivity index is 2.28. The molecule has 0 spiro atoms. The summed E-state index contributed by atoms with van der Waals surface area (Å²) in [5.74, 6) is 0.259. The zero-order valence-corrected chi connectivity index (χ0v) is 13.3. The number of amidine groups is 1. The molecule has 5 nitrogen and oxygen atoms in total. The van der Waals surface area contributed by atoms with Crippen LogP contribution in [0.5, 0.6) is 5.75 Å². The van der Waals surface area contributed by atoms with Crippen molar-refractivity contribution in [1.82, 2.24) is 5.32 Å². The van der Waals surface area contributed by atoms with Crippen LogP contribution in [-0.4, -0.2) is 36.0 Å². The smallest absolute Gasteiger partial charge is 0.282 e. The number of ether oxygens (including phenoxy) is 2. The summed E-state index contributed by atoms with van der Waals surface area (Å²) in [6.45, 7) is 8.77. The van der Waals surface area contributed by atoms with Crippen molar-refractivity contribution in [3.8, 4) is 5.75 Å². The average Bonchev–Trinajstić information content (AvgIpc) is 2.38. The molecule has 0 aliphatic rings.